The number of rotatable bonds is 6. The molecule has 0 bridgehead atoms. The number of halogens is 1. The molecule has 10 heteroatoms. The maximum absolute atomic E-state index is 13.2. The van der Waals surface area contributed by atoms with Crippen molar-refractivity contribution < 1.29 is 14.7 Å². The Kier molecular flexibility index (Phi) is 6.63. The summed E-state index contributed by atoms with van der Waals surface area (Å²) < 4.78 is 0.651. The largest absolute Gasteiger partial charge is 0.507 e. The number of hydrogen-bond acceptors (Lipinski definition) is 8. The predicted molar refractivity (Wildman–Crippen MR) is 136 cm³/mol. The van der Waals surface area contributed by atoms with Crippen LogP contribution in [-0.4, -0.2) is 32.0 Å². The van der Waals surface area contributed by atoms with Crippen molar-refractivity contribution in [3.8, 4) is 0 Å². The lowest BCUT2D eigenvalue weighted by Crippen LogP contribution is -2.29. The van der Waals surface area contributed by atoms with Gasteiger partial charge in [0.05, 0.1) is 11.6 Å². The third-order valence-electron chi connectivity index (χ3n) is 5.39. The highest BCUT2D eigenvalue weighted by molar-refractivity contribution is 8.00. The number of carbonyl (C=O) groups is 2. The van der Waals surface area contributed by atoms with Crippen molar-refractivity contribution in [1.29, 1.82) is 0 Å². The molecule has 1 saturated heterocycles. The van der Waals surface area contributed by atoms with E-state index in [1.807, 2.05) is 42.5 Å². The highest BCUT2D eigenvalue weighted by Crippen LogP contribution is 2.43. The highest BCUT2D eigenvalue weighted by Gasteiger charge is 2.48. The van der Waals surface area contributed by atoms with Gasteiger partial charge in [-0.25, -0.2) is 0 Å². The third kappa shape index (κ3) is 4.70. The molecule has 0 saturated carbocycles. The minimum Gasteiger partial charge on any atom is -0.507 e. The van der Waals surface area contributed by atoms with E-state index in [0.29, 0.717) is 26.2 Å². The Balaban J connectivity index is 1.51. The van der Waals surface area contributed by atoms with Gasteiger partial charge in [0, 0.05) is 28.7 Å². The molecule has 2 aromatic heterocycles. The summed E-state index contributed by atoms with van der Waals surface area (Å²) in [7, 11) is 0. The molecule has 1 fully saturated rings. The topological polar surface area (TPSA) is 96.3 Å². The summed E-state index contributed by atoms with van der Waals surface area (Å²) in [5, 5.41) is 20.4. The van der Waals surface area contributed by atoms with Gasteiger partial charge < -0.3 is 5.11 Å². The quantitative estimate of drug-likeness (QED) is 0.118. The first-order chi connectivity index (χ1) is 17.0. The molecule has 2 aromatic carbocycles. The van der Waals surface area contributed by atoms with Crippen molar-refractivity contribution in [2.75, 3.05) is 4.90 Å². The molecule has 3 heterocycles. The van der Waals surface area contributed by atoms with Crippen molar-refractivity contribution in [2.45, 2.75) is 16.1 Å². The van der Waals surface area contributed by atoms with Gasteiger partial charge in [0.25, 0.3) is 5.78 Å². The van der Waals surface area contributed by atoms with E-state index in [0.717, 1.165) is 5.56 Å². The Morgan fingerprint density at radius 1 is 1.00 bits per heavy atom. The van der Waals surface area contributed by atoms with Gasteiger partial charge in [-0.1, -0.05) is 77.2 Å². The van der Waals surface area contributed by atoms with Crippen LogP contribution in [0.4, 0.5) is 5.13 Å². The minimum atomic E-state index is -0.841. The summed E-state index contributed by atoms with van der Waals surface area (Å²) in [6.07, 6.45) is 3.02. The van der Waals surface area contributed by atoms with Crippen LogP contribution < -0.4 is 4.90 Å². The number of aliphatic hydroxyl groups excluding tert-OH is 1. The summed E-state index contributed by atoms with van der Waals surface area (Å²) in [6, 6.07) is 18.9. The standard InChI is InChI=1S/C25H17ClN4O3S2/c26-18-8-6-15(7-9-18)14-34-25-29-28-24(35-25)30-20(16-4-2-1-3-5-16)19(22(32)23(30)33)21(31)17-10-12-27-13-11-17/h1-13,20,31H,14H2/b21-19+. The first kappa shape index (κ1) is 23.2. The van der Waals surface area contributed by atoms with Crippen LogP contribution in [-0.2, 0) is 15.3 Å². The minimum absolute atomic E-state index is 0.00188. The number of thioether (sulfide) groups is 1. The number of amides is 1. The van der Waals surface area contributed by atoms with Gasteiger partial charge in [-0.3, -0.25) is 19.5 Å². The molecule has 174 valence electrons. The molecular weight excluding hydrogens is 504 g/mol. The zero-order valence-electron chi connectivity index (χ0n) is 18.0. The monoisotopic (exact) mass is 520 g/mol. The number of carbonyl (C=O) groups excluding carboxylic acids is 2. The fourth-order valence-electron chi connectivity index (χ4n) is 3.73. The Bertz CT molecular complexity index is 1410. The number of pyridine rings is 1. The van der Waals surface area contributed by atoms with Crippen LogP contribution >= 0.6 is 34.7 Å². The SMILES string of the molecule is O=C1C(=O)N(c2nnc(SCc3ccc(Cl)cc3)s2)C(c2ccccc2)/C1=C(\O)c1ccncc1. The van der Waals surface area contributed by atoms with E-state index in [-0.39, 0.29) is 16.5 Å². The molecule has 1 aliphatic heterocycles. The van der Waals surface area contributed by atoms with Crippen LogP contribution in [0.25, 0.3) is 5.76 Å². The van der Waals surface area contributed by atoms with E-state index < -0.39 is 17.7 Å². The fraction of sp³-hybridized carbons (Fsp3) is 0.0800. The van der Waals surface area contributed by atoms with Crippen molar-refractivity contribution in [2.24, 2.45) is 0 Å². The smallest absolute Gasteiger partial charge is 0.301 e. The second-order valence-corrected chi connectivity index (χ2v) is 10.2. The molecule has 1 atom stereocenters. The van der Waals surface area contributed by atoms with Crippen LogP contribution in [0.2, 0.25) is 5.02 Å². The summed E-state index contributed by atoms with van der Waals surface area (Å²) in [5.41, 5.74) is 2.14. The number of ketones is 1. The van der Waals surface area contributed by atoms with E-state index in [9.17, 15) is 14.7 Å². The number of aliphatic hydroxyl groups is 1. The van der Waals surface area contributed by atoms with E-state index in [1.54, 1.807) is 24.3 Å². The van der Waals surface area contributed by atoms with E-state index in [1.165, 1.54) is 40.4 Å². The average Bonchev–Trinajstić information content (AvgIpc) is 3.46. The first-order valence-electron chi connectivity index (χ1n) is 10.5. The number of anilines is 1. The maximum atomic E-state index is 13.2. The molecule has 5 rings (SSSR count). The second-order valence-electron chi connectivity index (χ2n) is 7.58. The van der Waals surface area contributed by atoms with Crippen LogP contribution in [0, 0.1) is 0 Å². The van der Waals surface area contributed by atoms with Gasteiger partial charge in [-0.15, -0.1) is 10.2 Å². The predicted octanol–water partition coefficient (Wildman–Crippen LogP) is 5.51. The maximum Gasteiger partial charge on any atom is 0.301 e. The average molecular weight is 521 g/mol. The molecule has 0 radical (unpaired) electrons. The molecule has 4 aromatic rings. The number of aromatic nitrogens is 3. The Labute approximate surface area is 214 Å². The van der Waals surface area contributed by atoms with Gasteiger partial charge in [0.1, 0.15) is 5.76 Å². The lowest BCUT2D eigenvalue weighted by Gasteiger charge is -2.22. The summed E-state index contributed by atoms with van der Waals surface area (Å²) in [4.78, 5) is 31.6. The Hall–Kier alpha value is -3.53. The summed E-state index contributed by atoms with van der Waals surface area (Å²) >= 11 is 8.64. The highest BCUT2D eigenvalue weighted by atomic mass is 35.5. The number of Topliss-reactive ketones (excluding diaryl/α,β-unsaturated/α-hetero) is 1. The van der Waals surface area contributed by atoms with Gasteiger partial charge >= 0.3 is 5.91 Å². The molecule has 1 aliphatic rings. The fourth-order valence-corrected chi connectivity index (χ4v) is 5.68. The van der Waals surface area contributed by atoms with E-state index >= 15 is 0 Å². The molecule has 0 aliphatic carbocycles. The van der Waals surface area contributed by atoms with Crippen molar-refractivity contribution in [3.05, 3.63) is 106 Å². The molecule has 1 unspecified atom stereocenters. The van der Waals surface area contributed by atoms with Crippen molar-refractivity contribution >= 4 is 57.3 Å². The molecule has 0 spiro atoms. The molecular formula is C25H17ClN4O3S2. The van der Waals surface area contributed by atoms with Crippen molar-refractivity contribution in [1.82, 2.24) is 15.2 Å². The zero-order valence-corrected chi connectivity index (χ0v) is 20.4. The van der Waals surface area contributed by atoms with Gasteiger partial charge in [0.2, 0.25) is 5.13 Å². The van der Waals surface area contributed by atoms with Crippen molar-refractivity contribution in [3.63, 3.8) is 0 Å². The van der Waals surface area contributed by atoms with Crippen LogP contribution in [0.5, 0.6) is 0 Å². The van der Waals surface area contributed by atoms with E-state index in [4.69, 9.17) is 11.6 Å². The molecule has 1 N–H and O–H groups in total. The molecule has 7 nitrogen and oxygen atoms in total. The summed E-state index contributed by atoms with van der Waals surface area (Å²) in [5.74, 6) is -1.16. The van der Waals surface area contributed by atoms with E-state index in [2.05, 4.69) is 15.2 Å². The van der Waals surface area contributed by atoms with Gasteiger partial charge in [-0.05, 0) is 35.4 Å². The van der Waals surface area contributed by atoms with Gasteiger partial charge in [0.15, 0.2) is 4.34 Å². The first-order valence-corrected chi connectivity index (χ1v) is 12.7. The summed E-state index contributed by atoms with van der Waals surface area (Å²) in [6.45, 7) is 0. The molecule has 35 heavy (non-hydrogen) atoms. The lowest BCUT2D eigenvalue weighted by atomic mass is 9.96. The molecule has 1 amide bonds. The normalized spacial score (nSPS) is 17.2. The third-order valence-corrected chi connectivity index (χ3v) is 7.77. The zero-order chi connectivity index (χ0) is 24.4. The van der Waals surface area contributed by atoms with Crippen LogP contribution in [0.15, 0.2) is 89.0 Å². The number of benzene rings is 2. The number of hydrogen-bond donors (Lipinski definition) is 1. The van der Waals surface area contributed by atoms with Crippen LogP contribution in [0.1, 0.15) is 22.7 Å². The second kappa shape index (κ2) is 9.99. The number of nitrogens with zero attached hydrogens (tertiary/aromatic N) is 4. The Morgan fingerprint density at radius 3 is 2.43 bits per heavy atom. The van der Waals surface area contributed by atoms with Gasteiger partial charge in [-0.2, -0.15) is 0 Å². The lowest BCUT2D eigenvalue weighted by molar-refractivity contribution is -0.132. The van der Waals surface area contributed by atoms with Crippen LogP contribution in [0.3, 0.4) is 0 Å². The Morgan fingerprint density at radius 2 is 1.71 bits per heavy atom.